The van der Waals surface area contributed by atoms with Gasteiger partial charge in [-0.25, -0.2) is 0 Å². The van der Waals surface area contributed by atoms with Crippen molar-refractivity contribution >= 4 is 28.2 Å². The van der Waals surface area contributed by atoms with Gasteiger partial charge in [-0.15, -0.1) is 9.24 Å². The molecule has 115 valence electrons. The number of carbonyl (C=O) groups is 1. The van der Waals surface area contributed by atoms with Gasteiger partial charge in [0.15, 0.2) is 0 Å². The van der Waals surface area contributed by atoms with E-state index >= 15 is 0 Å². The molecule has 21 heavy (non-hydrogen) atoms. The van der Waals surface area contributed by atoms with Crippen LogP contribution in [0.5, 0.6) is 0 Å². The standard InChI is InChI=1S/C16H25BO3P/c1-6-19-14(18)11-12-7-9-13(10-8-12)17-20-15(2,3)16(4,5)21/h7-10H,6,11,21H2,1-5H3. The van der Waals surface area contributed by atoms with E-state index in [2.05, 4.69) is 36.9 Å². The quantitative estimate of drug-likeness (QED) is 0.441. The van der Waals surface area contributed by atoms with Crippen LogP contribution in [0.2, 0.25) is 0 Å². The highest BCUT2D eigenvalue weighted by Crippen LogP contribution is 2.32. The molecule has 1 radical (unpaired) electrons. The van der Waals surface area contributed by atoms with Crippen molar-refractivity contribution in [3.05, 3.63) is 29.8 Å². The molecule has 0 amide bonds. The van der Waals surface area contributed by atoms with Crippen LogP contribution >= 0.6 is 9.24 Å². The van der Waals surface area contributed by atoms with Crippen LogP contribution < -0.4 is 5.46 Å². The first-order valence-corrected chi connectivity index (χ1v) is 7.78. The molecule has 0 aromatic heterocycles. The average Bonchev–Trinajstić information content (AvgIpc) is 2.37. The molecule has 0 saturated heterocycles. The second kappa shape index (κ2) is 7.42. The summed E-state index contributed by atoms with van der Waals surface area (Å²) in [6.07, 6.45) is 0.305. The van der Waals surface area contributed by atoms with Gasteiger partial charge in [-0.1, -0.05) is 43.6 Å². The lowest BCUT2D eigenvalue weighted by Gasteiger charge is -2.39. The zero-order chi connectivity index (χ0) is 16.1. The van der Waals surface area contributed by atoms with Crippen molar-refractivity contribution in [2.75, 3.05) is 6.61 Å². The van der Waals surface area contributed by atoms with Crippen molar-refractivity contribution in [1.82, 2.24) is 0 Å². The summed E-state index contributed by atoms with van der Waals surface area (Å²) in [6, 6.07) is 7.73. The maximum absolute atomic E-state index is 11.4. The molecule has 1 atom stereocenters. The lowest BCUT2D eigenvalue weighted by atomic mass is 9.83. The van der Waals surface area contributed by atoms with Gasteiger partial charge in [-0.05, 0) is 26.3 Å². The van der Waals surface area contributed by atoms with Crippen molar-refractivity contribution in [3.63, 3.8) is 0 Å². The Morgan fingerprint density at radius 3 is 2.24 bits per heavy atom. The number of carbonyl (C=O) groups excluding carboxylic acids is 1. The fourth-order valence-electron chi connectivity index (χ4n) is 1.46. The molecule has 0 aliphatic heterocycles. The smallest absolute Gasteiger partial charge is 0.330 e. The predicted molar refractivity (Wildman–Crippen MR) is 91.1 cm³/mol. The molecule has 0 saturated carbocycles. The van der Waals surface area contributed by atoms with E-state index in [1.165, 1.54) is 0 Å². The minimum Gasteiger partial charge on any atom is -0.466 e. The zero-order valence-corrected chi connectivity index (χ0v) is 14.8. The third-order valence-electron chi connectivity index (χ3n) is 3.67. The molecule has 1 aromatic carbocycles. The Hall–Kier alpha value is -0.855. The molecular weight excluding hydrogens is 282 g/mol. The molecule has 5 heteroatoms. The molecular formula is C16H25BO3P. The van der Waals surface area contributed by atoms with Gasteiger partial charge in [0.25, 0.3) is 0 Å². The van der Waals surface area contributed by atoms with E-state index in [1.54, 1.807) is 7.48 Å². The Labute approximate surface area is 131 Å². The monoisotopic (exact) mass is 307 g/mol. The Balaban J connectivity index is 2.57. The lowest BCUT2D eigenvalue weighted by molar-refractivity contribution is -0.142. The number of esters is 1. The summed E-state index contributed by atoms with van der Waals surface area (Å²) in [7, 11) is 4.58. The minimum atomic E-state index is -0.290. The third kappa shape index (κ3) is 5.80. The second-order valence-electron chi connectivity index (χ2n) is 6.19. The van der Waals surface area contributed by atoms with E-state index in [0.717, 1.165) is 11.0 Å². The normalized spacial score (nSPS) is 12.1. The van der Waals surface area contributed by atoms with Gasteiger partial charge >= 0.3 is 13.5 Å². The fraction of sp³-hybridized carbons (Fsp3) is 0.562. The predicted octanol–water partition coefficient (Wildman–Crippen LogP) is 2.49. The van der Waals surface area contributed by atoms with Crippen LogP contribution in [-0.2, 0) is 20.6 Å². The Kier molecular flexibility index (Phi) is 6.43. The Morgan fingerprint density at radius 2 is 1.76 bits per heavy atom. The van der Waals surface area contributed by atoms with E-state index in [-0.39, 0.29) is 16.7 Å². The van der Waals surface area contributed by atoms with Crippen molar-refractivity contribution in [3.8, 4) is 0 Å². The number of benzene rings is 1. The molecule has 0 aliphatic rings. The highest BCUT2D eigenvalue weighted by molar-refractivity contribution is 7.19. The van der Waals surface area contributed by atoms with Gasteiger partial charge < -0.3 is 9.39 Å². The van der Waals surface area contributed by atoms with Gasteiger partial charge in [-0.3, -0.25) is 4.79 Å². The van der Waals surface area contributed by atoms with Gasteiger partial charge in [0.05, 0.1) is 18.6 Å². The van der Waals surface area contributed by atoms with Crippen molar-refractivity contribution in [1.29, 1.82) is 0 Å². The average molecular weight is 307 g/mol. The molecule has 1 unspecified atom stereocenters. The summed E-state index contributed by atoms with van der Waals surface area (Å²) in [5, 5.41) is -0.0344. The molecule has 0 spiro atoms. The molecule has 0 aliphatic carbocycles. The van der Waals surface area contributed by atoms with Crippen LogP contribution in [-0.4, -0.2) is 30.8 Å². The lowest BCUT2D eigenvalue weighted by Crippen LogP contribution is -2.45. The number of ether oxygens (including phenoxy) is 1. The first-order valence-electron chi connectivity index (χ1n) is 7.20. The highest BCUT2D eigenvalue weighted by atomic mass is 31.0. The first-order chi connectivity index (χ1) is 9.65. The molecule has 0 bridgehead atoms. The van der Waals surface area contributed by atoms with Gasteiger partial charge in [-0.2, -0.15) is 0 Å². The van der Waals surface area contributed by atoms with Crippen molar-refractivity contribution < 1.29 is 14.2 Å². The van der Waals surface area contributed by atoms with Gasteiger partial charge in [0.1, 0.15) is 0 Å². The minimum absolute atomic E-state index is 0.0344. The van der Waals surface area contributed by atoms with E-state index in [0.29, 0.717) is 13.0 Å². The molecule has 3 nitrogen and oxygen atoms in total. The van der Waals surface area contributed by atoms with E-state index < -0.39 is 0 Å². The van der Waals surface area contributed by atoms with Gasteiger partial charge in [0, 0.05) is 5.16 Å². The van der Waals surface area contributed by atoms with E-state index in [9.17, 15) is 4.79 Å². The fourth-order valence-corrected chi connectivity index (χ4v) is 1.53. The molecule has 0 heterocycles. The number of rotatable bonds is 7. The van der Waals surface area contributed by atoms with E-state index in [1.807, 2.05) is 31.2 Å². The van der Waals surface area contributed by atoms with Crippen molar-refractivity contribution in [2.24, 2.45) is 0 Å². The summed E-state index contributed by atoms with van der Waals surface area (Å²) < 4.78 is 10.8. The zero-order valence-electron chi connectivity index (χ0n) is 13.6. The largest absolute Gasteiger partial charge is 0.466 e. The summed E-state index contributed by atoms with van der Waals surface area (Å²) in [4.78, 5) is 11.4. The van der Waals surface area contributed by atoms with Crippen LogP contribution in [0.4, 0.5) is 0 Å². The number of hydrogen-bond acceptors (Lipinski definition) is 3. The van der Waals surface area contributed by atoms with Crippen LogP contribution in [0.25, 0.3) is 0 Å². The second-order valence-corrected chi connectivity index (χ2v) is 7.63. The number of hydrogen-bond donors (Lipinski definition) is 0. The SMILES string of the molecule is CCOC(=O)Cc1ccc([B]OC(C)(C)C(C)(C)P)cc1. The first kappa shape index (κ1) is 18.2. The summed E-state index contributed by atoms with van der Waals surface area (Å²) >= 11 is 0. The summed E-state index contributed by atoms with van der Waals surface area (Å²) in [5.41, 5.74) is 1.63. The van der Waals surface area contributed by atoms with E-state index in [4.69, 9.17) is 9.39 Å². The summed E-state index contributed by atoms with van der Waals surface area (Å²) in [5.74, 6) is -0.198. The molecule has 1 rings (SSSR count). The van der Waals surface area contributed by atoms with Crippen LogP contribution in [0.1, 0.15) is 40.2 Å². The third-order valence-corrected chi connectivity index (χ3v) is 4.37. The van der Waals surface area contributed by atoms with Gasteiger partial charge in [0.2, 0.25) is 0 Å². The molecule has 1 aromatic rings. The van der Waals surface area contributed by atoms with Crippen molar-refractivity contribution in [2.45, 2.75) is 51.8 Å². The Bertz CT molecular complexity index is 463. The topological polar surface area (TPSA) is 35.5 Å². The van der Waals surface area contributed by atoms with Crippen LogP contribution in [0.3, 0.4) is 0 Å². The maximum atomic E-state index is 11.4. The molecule has 0 N–H and O–H groups in total. The van der Waals surface area contributed by atoms with Crippen LogP contribution in [0.15, 0.2) is 24.3 Å². The molecule has 0 fully saturated rings. The summed E-state index contributed by atoms with van der Waals surface area (Å²) in [6.45, 7) is 10.6. The van der Waals surface area contributed by atoms with Crippen LogP contribution in [0, 0.1) is 0 Å². The Morgan fingerprint density at radius 1 is 1.19 bits per heavy atom. The highest BCUT2D eigenvalue weighted by Gasteiger charge is 2.33. The maximum Gasteiger partial charge on any atom is 0.330 e.